The van der Waals surface area contributed by atoms with E-state index in [1.807, 2.05) is 0 Å². The van der Waals surface area contributed by atoms with Gasteiger partial charge in [0.25, 0.3) is 0 Å². The van der Waals surface area contributed by atoms with E-state index in [1.54, 1.807) is 0 Å². The second-order valence-electron chi connectivity index (χ2n) is 2.54. The van der Waals surface area contributed by atoms with Crippen molar-refractivity contribution in [3.05, 3.63) is 23.8 Å². The number of alkyl halides is 1. The van der Waals surface area contributed by atoms with Gasteiger partial charge in [0.15, 0.2) is 0 Å². The molecule has 3 nitrogen and oxygen atoms in total. The van der Waals surface area contributed by atoms with Gasteiger partial charge in [-0.1, -0.05) is 0 Å². The van der Waals surface area contributed by atoms with Gasteiger partial charge in [-0.3, -0.25) is 0 Å². The summed E-state index contributed by atoms with van der Waals surface area (Å²) < 4.78 is 12.0. The van der Waals surface area contributed by atoms with Gasteiger partial charge in [0.2, 0.25) is 0 Å². The van der Waals surface area contributed by atoms with Crippen molar-refractivity contribution < 1.29 is 14.6 Å². The molecule has 0 unspecified atom stereocenters. The first-order valence-electron chi connectivity index (χ1n) is 3.48. The van der Waals surface area contributed by atoms with Gasteiger partial charge in [-0.15, -0.1) is 0 Å². The highest BCUT2D eigenvalue weighted by Gasteiger charge is 2.07. The van der Waals surface area contributed by atoms with Crippen LogP contribution >= 0.6 is 0 Å². The van der Waals surface area contributed by atoms with Crippen LogP contribution < -0.4 is 5.73 Å². The average molecular weight is 171 g/mol. The van der Waals surface area contributed by atoms with E-state index in [-0.39, 0.29) is 11.5 Å². The molecule has 4 N–H and O–H groups in total. The summed E-state index contributed by atoms with van der Waals surface area (Å²) in [5.74, 6) is -0.234. The van der Waals surface area contributed by atoms with Crippen molar-refractivity contribution in [2.24, 2.45) is 5.73 Å². The number of phenolic OH excluding ortho intramolecular Hbond substituents is 2. The Morgan fingerprint density at radius 2 is 1.75 bits per heavy atom. The summed E-state index contributed by atoms with van der Waals surface area (Å²) in [5.41, 5.74) is 5.72. The summed E-state index contributed by atoms with van der Waals surface area (Å²) in [4.78, 5) is 0. The van der Waals surface area contributed by atoms with E-state index in [1.165, 1.54) is 12.1 Å². The van der Waals surface area contributed by atoms with Crippen LogP contribution in [-0.4, -0.2) is 16.9 Å². The molecule has 0 radical (unpaired) electrons. The maximum Gasteiger partial charge on any atom is 0.119 e. The molecule has 0 saturated carbocycles. The van der Waals surface area contributed by atoms with E-state index in [0.717, 1.165) is 6.07 Å². The summed E-state index contributed by atoms with van der Waals surface area (Å²) in [5, 5.41) is 18.0. The van der Waals surface area contributed by atoms with E-state index in [9.17, 15) is 4.39 Å². The quantitative estimate of drug-likeness (QED) is 0.623. The normalized spacial score (nSPS) is 12.8. The first-order chi connectivity index (χ1) is 5.63. The molecule has 1 aromatic carbocycles. The van der Waals surface area contributed by atoms with Gasteiger partial charge in [0.05, 0.1) is 6.04 Å². The van der Waals surface area contributed by atoms with Crippen LogP contribution in [0.4, 0.5) is 4.39 Å². The molecule has 1 rings (SSSR count). The highest BCUT2D eigenvalue weighted by atomic mass is 19.1. The molecule has 0 aromatic heterocycles. The predicted octanol–water partition coefficient (Wildman–Crippen LogP) is 1.07. The third kappa shape index (κ3) is 1.85. The lowest BCUT2D eigenvalue weighted by Crippen LogP contribution is -2.11. The van der Waals surface area contributed by atoms with Crippen LogP contribution in [0.5, 0.6) is 11.5 Å². The zero-order valence-corrected chi connectivity index (χ0v) is 6.37. The van der Waals surface area contributed by atoms with Gasteiger partial charge in [-0.2, -0.15) is 0 Å². The average Bonchev–Trinajstić information content (AvgIpc) is 2.01. The number of hydrogen-bond acceptors (Lipinski definition) is 3. The molecule has 0 aliphatic carbocycles. The minimum absolute atomic E-state index is 0.117. The van der Waals surface area contributed by atoms with E-state index in [2.05, 4.69) is 0 Å². The summed E-state index contributed by atoms with van der Waals surface area (Å²) in [6.45, 7) is -0.719. The van der Waals surface area contributed by atoms with Gasteiger partial charge in [0, 0.05) is 6.07 Å². The number of aromatic hydroxyl groups is 2. The van der Waals surface area contributed by atoms with Crippen LogP contribution in [0.2, 0.25) is 0 Å². The standard InChI is InChI=1S/C8H10FNO2/c9-4-8(10)5-1-6(11)3-7(12)2-5/h1-3,8,11-12H,4,10H2/t8-/m1/s1. The van der Waals surface area contributed by atoms with Crippen molar-refractivity contribution in [2.75, 3.05) is 6.67 Å². The first-order valence-corrected chi connectivity index (χ1v) is 3.48. The molecule has 0 amide bonds. The Kier molecular flexibility index (Phi) is 2.50. The molecular weight excluding hydrogens is 161 g/mol. The van der Waals surface area contributed by atoms with Gasteiger partial charge >= 0.3 is 0 Å². The summed E-state index contributed by atoms with van der Waals surface area (Å²) >= 11 is 0. The lowest BCUT2D eigenvalue weighted by Gasteiger charge is -2.07. The van der Waals surface area contributed by atoms with E-state index >= 15 is 0 Å². The third-order valence-corrected chi connectivity index (χ3v) is 1.52. The Morgan fingerprint density at radius 1 is 1.25 bits per heavy atom. The molecule has 0 aliphatic heterocycles. The molecule has 12 heavy (non-hydrogen) atoms. The number of phenols is 2. The van der Waals surface area contributed by atoms with Crippen molar-refractivity contribution in [2.45, 2.75) is 6.04 Å². The SMILES string of the molecule is N[C@H](CF)c1cc(O)cc(O)c1. The van der Waals surface area contributed by atoms with Crippen molar-refractivity contribution >= 4 is 0 Å². The van der Waals surface area contributed by atoms with Crippen molar-refractivity contribution in [1.29, 1.82) is 0 Å². The molecular formula is C8H10FNO2. The molecule has 0 aliphatic rings. The monoisotopic (exact) mass is 171 g/mol. The number of halogens is 1. The Balaban J connectivity index is 3.00. The van der Waals surface area contributed by atoms with Crippen LogP contribution in [0, 0.1) is 0 Å². The topological polar surface area (TPSA) is 66.5 Å². The minimum Gasteiger partial charge on any atom is -0.508 e. The first kappa shape index (κ1) is 8.80. The number of hydrogen-bond donors (Lipinski definition) is 3. The second-order valence-corrected chi connectivity index (χ2v) is 2.54. The Morgan fingerprint density at radius 3 is 2.17 bits per heavy atom. The lowest BCUT2D eigenvalue weighted by atomic mass is 10.1. The molecule has 0 heterocycles. The van der Waals surface area contributed by atoms with Gasteiger partial charge < -0.3 is 15.9 Å². The molecule has 4 heteroatoms. The van der Waals surface area contributed by atoms with Gasteiger partial charge in [0.1, 0.15) is 18.2 Å². The highest BCUT2D eigenvalue weighted by Crippen LogP contribution is 2.23. The molecule has 0 bridgehead atoms. The maximum atomic E-state index is 12.0. The third-order valence-electron chi connectivity index (χ3n) is 1.52. The van der Waals surface area contributed by atoms with Crippen LogP contribution in [0.1, 0.15) is 11.6 Å². The summed E-state index contributed by atoms with van der Waals surface area (Å²) in [6, 6.07) is 3.02. The predicted molar refractivity (Wildman–Crippen MR) is 42.7 cm³/mol. The molecule has 1 aromatic rings. The van der Waals surface area contributed by atoms with E-state index < -0.39 is 12.7 Å². The van der Waals surface area contributed by atoms with Crippen LogP contribution in [0.15, 0.2) is 18.2 Å². The fraction of sp³-hybridized carbons (Fsp3) is 0.250. The minimum atomic E-state index is -0.789. The Hall–Kier alpha value is -1.29. The summed E-state index contributed by atoms with van der Waals surface area (Å²) in [7, 11) is 0. The number of rotatable bonds is 2. The Labute approximate surface area is 69.3 Å². The largest absolute Gasteiger partial charge is 0.508 e. The molecule has 0 spiro atoms. The molecule has 66 valence electrons. The smallest absolute Gasteiger partial charge is 0.119 e. The van der Waals surface area contributed by atoms with Crippen molar-refractivity contribution in [1.82, 2.24) is 0 Å². The molecule has 0 saturated heterocycles. The molecule has 1 atom stereocenters. The lowest BCUT2D eigenvalue weighted by molar-refractivity contribution is 0.426. The maximum absolute atomic E-state index is 12.0. The fourth-order valence-electron chi connectivity index (χ4n) is 0.921. The van der Waals surface area contributed by atoms with Crippen LogP contribution in [-0.2, 0) is 0 Å². The van der Waals surface area contributed by atoms with Crippen LogP contribution in [0.25, 0.3) is 0 Å². The fourth-order valence-corrected chi connectivity index (χ4v) is 0.921. The highest BCUT2D eigenvalue weighted by molar-refractivity contribution is 5.37. The number of benzene rings is 1. The Bertz CT molecular complexity index is 258. The van der Waals surface area contributed by atoms with Crippen molar-refractivity contribution in [3.8, 4) is 11.5 Å². The van der Waals surface area contributed by atoms with Crippen LogP contribution in [0.3, 0.4) is 0 Å². The number of nitrogens with two attached hydrogens (primary N) is 1. The van der Waals surface area contributed by atoms with Gasteiger partial charge in [-0.05, 0) is 17.7 Å². The van der Waals surface area contributed by atoms with E-state index in [4.69, 9.17) is 15.9 Å². The van der Waals surface area contributed by atoms with Crippen molar-refractivity contribution in [3.63, 3.8) is 0 Å². The van der Waals surface area contributed by atoms with Gasteiger partial charge in [-0.25, -0.2) is 4.39 Å². The summed E-state index contributed by atoms with van der Waals surface area (Å²) in [6.07, 6.45) is 0. The zero-order chi connectivity index (χ0) is 9.14. The molecule has 0 fully saturated rings. The van der Waals surface area contributed by atoms with E-state index in [0.29, 0.717) is 5.56 Å². The zero-order valence-electron chi connectivity index (χ0n) is 6.37. The second kappa shape index (κ2) is 3.40.